The molecule has 0 unspecified atom stereocenters. The van der Waals surface area contributed by atoms with Gasteiger partial charge in [-0.15, -0.1) is 34.2 Å². The zero-order chi connectivity index (χ0) is 20.5. The minimum Gasteiger partial charge on any atom is -0.382 e. The van der Waals surface area contributed by atoms with Gasteiger partial charge in [-0.25, -0.2) is 4.99 Å². The lowest BCUT2D eigenvalue weighted by Crippen LogP contribution is -2.45. The average Bonchev–Trinajstić information content (AvgIpc) is 3.44. The second kappa shape index (κ2) is 12.8. The molecule has 1 saturated carbocycles. The fourth-order valence-electron chi connectivity index (χ4n) is 3.47. The third-order valence-corrected chi connectivity index (χ3v) is 5.95. The highest BCUT2D eigenvalue weighted by atomic mass is 127. The Morgan fingerprint density at radius 3 is 2.63 bits per heavy atom. The van der Waals surface area contributed by atoms with Crippen LogP contribution in [0, 0.1) is 12.3 Å². The van der Waals surface area contributed by atoms with Crippen LogP contribution in [0.5, 0.6) is 0 Å². The first-order valence-electron chi connectivity index (χ1n) is 10.9. The Balaban J connectivity index is 0.00000320. The summed E-state index contributed by atoms with van der Waals surface area (Å²) in [7, 11) is 1.98. The summed E-state index contributed by atoms with van der Waals surface area (Å²) in [6.45, 7) is 12.6. The van der Waals surface area contributed by atoms with Crippen LogP contribution in [-0.2, 0) is 23.1 Å². The van der Waals surface area contributed by atoms with E-state index in [1.165, 1.54) is 12.8 Å². The molecule has 0 amide bonds. The van der Waals surface area contributed by atoms with Crippen molar-refractivity contribution in [3.8, 4) is 0 Å². The Morgan fingerprint density at radius 2 is 2.00 bits per heavy atom. The first-order chi connectivity index (χ1) is 14.1. The standard InChI is InChI=1S/C20H37N7O2.HI/c1-4-28-12-7-20(5-6-20)16-23-19(21-8-9-27-10-13-29-14-11-27)22-15-18-25-24-17(2)26(18)3;/h4-16H2,1-3H3,(H2,21,22,23);1H. The Bertz CT molecular complexity index is 658. The molecule has 2 heterocycles. The molecule has 30 heavy (non-hydrogen) atoms. The Hall–Kier alpha value is -0.980. The van der Waals surface area contributed by atoms with Gasteiger partial charge in [0.1, 0.15) is 12.4 Å². The van der Waals surface area contributed by atoms with Crippen LogP contribution in [0.2, 0.25) is 0 Å². The maximum absolute atomic E-state index is 5.56. The van der Waals surface area contributed by atoms with Crippen LogP contribution < -0.4 is 10.6 Å². The molecule has 2 fully saturated rings. The monoisotopic (exact) mass is 535 g/mol. The number of aromatic nitrogens is 3. The summed E-state index contributed by atoms with van der Waals surface area (Å²) in [5.41, 5.74) is 0.364. The van der Waals surface area contributed by atoms with E-state index in [-0.39, 0.29) is 24.0 Å². The van der Waals surface area contributed by atoms with Crippen molar-refractivity contribution in [1.29, 1.82) is 0 Å². The third kappa shape index (κ3) is 7.93. The second-order valence-corrected chi connectivity index (χ2v) is 8.07. The summed E-state index contributed by atoms with van der Waals surface area (Å²) in [4.78, 5) is 7.20. The van der Waals surface area contributed by atoms with Crippen molar-refractivity contribution in [1.82, 2.24) is 30.3 Å². The van der Waals surface area contributed by atoms with Crippen LogP contribution in [0.3, 0.4) is 0 Å². The molecule has 0 atom stereocenters. The van der Waals surface area contributed by atoms with Crippen LogP contribution in [0.1, 0.15) is 37.8 Å². The van der Waals surface area contributed by atoms with Gasteiger partial charge in [-0.2, -0.15) is 0 Å². The number of hydrogen-bond acceptors (Lipinski definition) is 6. The molecule has 1 aromatic heterocycles. The van der Waals surface area contributed by atoms with Crippen molar-refractivity contribution in [2.24, 2.45) is 17.5 Å². The molecule has 2 aliphatic rings. The number of aliphatic imine (C=N–C) groups is 1. The third-order valence-electron chi connectivity index (χ3n) is 5.95. The zero-order valence-electron chi connectivity index (χ0n) is 18.7. The van der Waals surface area contributed by atoms with Gasteiger partial charge in [0.2, 0.25) is 0 Å². The topological polar surface area (TPSA) is 88.8 Å². The Morgan fingerprint density at radius 1 is 1.23 bits per heavy atom. The van der Waals surface area contributed by atoms with E-state index in [1.807, 2.05) is 18.5 Å². The number of aryl methyl sites for hydroxylation is 1. The number of guanidine groups is 1. The molecule has 9 nitrogen and oxygen atoms in total. The molecule has 1 aliphatic carbocycles. The fraction of sp³-hybridized carbons (Fsp3) is 0.850. The van der Waals surface area contributed by atoms with Crippen LogP contribution in [0.4, 0.5) is 0 Å². The van der Waals surface area contributed by atoms with E-state index < -0.39 is 0 Å². The van der Waals surface area contributed by atoms with E-state index in [0.717, 1.165) is 83.2 Å². The van der Waals surface area contributed by atoms with Crippen molar-refractivity contribution in [3.05, 3.63) is 11.6 Å². The van der Waals surface area contributed by atoms with Gasteiger partial charge in [0, 0.05) is 53.0 Å². The molecule has 1 aliphatic heterocycles. The molecule has 3 rings (SSSR count). The summed E-state index contributed by atoms with van der Waals surface area (Å²) in [5.74, 6) is 2.62. The molecule has 0 aromatic carbocycles. The predicted octanol–water partition coefficient (Wildman–Crippen LogP) is 1.32. The Labute approximate surface area is 197 Å². The van der Waals surface area contributed by atoms with Crippen molar-refractivity contribution in [3.63, 3.8) is 0 Å². The molecular weight excluding hydrogens is 497 g/mol. The smallest absolute Gasteiger partial charge is 0.191 e. The van der Waals surface area contributed by atoms with Crippen molar-refractivity contribution in [2.45, 2.75) is 39.7 Å². The molecule has 0 spiro atoms. The van der Waals surface area contributed by atoms with Crippen LogP contribution in [0.15, 0.2) is 4.99 Å². The molecule has 10 heteroatoms. The predicted molar refractivity (Wildman–Crippen MR) is 128 cm³/mol. The normalized spacial score (nSPS) is 18.7. The van der Waals surface area contributed by atoms with E-state index in [4.69, 9.17) is 14.5 Å². The SMILES string of the molecule is CCOCCC1(CNC(=NCc2nnc(C)n2C)NCCN2CCOCC2)CC1.I. The number of hydrogen-bond donors (Lipinski definition) is 2. The highest BCUT2D eigenvalue weighted by Gasteiger charge is 2.41. The van der Waals surface area contributed by atoms with Crippen molar-refractivity contribution < 1.29 is 9.47 Å². The van der Waals surface area contributed by atoms with Crippen LogP contribution in [-0.4, -0.2) is 84.8 Å². The summed E-state index contributed by atoms with van der Waals surface area (Å²) in [6.07, 6.45) is 3.63. The van der Waals surface area contributed by atoms with Crippen LogP contribution in [0.25, 0.3) is 0 Å². The van der Waals surface area contributed by atoms with Crippen molar-refractivity contribution >= 4 is 29.9 Å². The number of ether oxygens (including phenoxy) is 2. The van der Waals surface area contributed by atoms with E-state index in [0.29, 0.717) is 12.0 Å². The number of morpholine rings is 1. The minimum absolute atomic E-state index is 0. The summed E-state index contributed by atoms with van der Waals surface area (Å²) < 4.78 is 13.0. The lowest BCUT2D eigenvalue weighted by molar-refractivity contribution is 0.0389. The van der Waals surface area contributed by atoms with Gasteiger partial charge in [-0.05, 0) is 38.5 Å². The molecular formula is C20H38IN7O2. The van der Waals surface area contributed by atoms with Gasteiger partial charge < -0.3 is 24.7 Å². The number of rotatable bonds is 11. The largest absolute Gasteiger partial charge is 0.382 e. The number of halogens is 1. The molecule has 0 radical (unpaired) electrons. The molecule has 0 bridgehead atoms. The molecule has 1 aromatic rings. The van der Waals surface area contributed by atoms with Gasteiger partial charge in [0.25, 0.3) is 0 Å². The first-order valence-corrected chi connectivity index (χ1v) is 10.9. The van der Waals surface area contributed by atoms with Gasteiger partial charge >= 0.3 is 0 Å². The maximum atomic E-state index is 5.56. The molecule has 172 valence electrons. The quantitative estimate of drug-likeness (QED) is 0.191. The number of nitrogens with one attached hydrogen (secondary N) is 2. The highest BCUT2D eigenvalue weighted by molar-refractivity contribution is 14.0. The van der Waals surface area contributed by atoms with E-state index in [1.54, 1.807) is 0 Å². The minimum atomic E-state index is 0. The Kier molecular flexibility index (Phi) is 10.8. The lowest BCUT2D eigenvalue weighted by Gasteiger charge is -2.27. The van der Waals surface area contributed by atoms with Crippen molar-refractivity contribution in [2.75, 3.05) is 59.2 Å². The summed E-state index contributed by atoms with van der Waals surface area (Å²) in [6, 6.07) is 0. The summed E-state index contributed by atoms with van der Waals surface area (Å²) in [5, 5.41) is 15.4. The van der Waals surface area contributed by atoms with E-state index >= 15 is 0 Å². The lowest BCUT2D eigenvalue weighted by atomic mass is 10.0. The van der Waals surface area contributed by atoms with Crippen LogP contribution >= 0.6 is 24.0 Å². The van der Waals surface area contributed by atoms with Gasteiger partial charge in [0.15, 0.2) is 11.8 Å². The fourth-order valence-corrected chi connectivity index (χ4v) is 3.47. The maximum Gasteiger partial charge on any atom is 0.191 e. The molecule has 1 saturated heterocycles. The second-order valence-electron chi connectivity index (χ2n) is 8.07. The summed E-state index contributed by atoms with van der Waals surface area (Å²) >= 11 is 0. The van der Waals surface area contributed by atoms with E-state index in [2.05, 4.69) is 32.7 Å². The molecule has 2 N–H and O–H groups in total. The van der Waals surface area contributed by atoms with E-state index in [9.17, 15) is 0 Å². The van der Waals surface area contributed by atoms with Gasteiger partial charge in [0.05, 0.1) is 13.2 Å². The first kappa shape index (κ1) is 25.3. The highest BCUT2D eigenvalue weighted by Crippen LogP contribution is 2.48. The zero-order valence-corrected chi connectivity index (χ0v) is 21.0. The average molecular weight is 535 g/mol. The number of nitrogens with zero attached hydrogens (tertiary/aromatic N) is 5. The van der Waals surface area contributed by atoms with Gasteiger partial charge in [-0.1, -0.05) is 0 Å². The van der Waals surface area contributed by atoms with Gasteiger partial charge in [-0.3, -0.25) is 4.90 Å².